The number of rotatable bonds is 5. The van der Waals surface area contributed by atoms with Crippen molar-refractivity contribution in [2.24, 2.45) is 0 Å². The second-order valence-electron chi connectivity index (χ2n) is 2.81. The van der Waals surface area contributed by atoms with Gasteiger partial charge in [0.15, 0.2) is 0 Å². The number of anilines is 2. The van der Waals surface area contributed by atoms with E-state index in [1.165, 1.54) is 12.1 Å². The molecule has 6 nitrogen and oxygen atoms in total. The third kappa shape index (κ3) is 3.62. The third-order valence-electron chi connectivity index (χ3n) is 1.65. The summed E-state index contributed by atoms with van der Waals surface area (Å²) in [6, 6.07) is 2.61. The predicted octanol–water partition coefficient (Wildman–Crippen LogP) is 1.35. The van der Waals surface area contributed by atoms with Crippen molar-refractivity contribution in [1.29, 1.82) is 0 Å². The summed E-state index contributed by atoms with van der Waals surface area (Å²) >= 11 is 1.68. The second-order valence-corrected chi connectivity index (χ2v) is 3.80. The van der Waals surface area contributed by atoms with Gasteiger partial charge in [0.25, 0.3) is 5.69 Å². The molecule has 1 aromatic heterocycles. The van der Waals surface area contributed by atoms with Crippen LogP contribution < -0.4 is 11.1 Å². The number of hydrogen-bond donors (Lipinski definition) is 2. The maximum Gasteiger partial charge on any atom is 0.276 e. The predicted molar refractivity (Wildman–Crippen MR) is 62.2 cm³/mol. The highest BCUT2D eigenvalue weighted by Crippen LogP contribution is 2.18. The molecule has 82 valence electrons. The molecular formula is C8H12N4O2S. The highest BCUT2D eigenvalue weighted by molar-refractivity contribution is 7.98. The lowest BCUT2D eigenvalue weighted by Gasteiger charge is -2.04. The zero-order valence-corrected chi connectivity index (χ0v) is 9.08. The SMILES string of the molecule is CSCCNc1cc([N+](=O)[O-])cc(N)n1. The Morgan fingerprint density at radius 2 is 2.40 bits per heavy atom. The first-order chi connectivity index (χ1) is 7.13. The summed E-state index contributed by atoms with van der Waals surface area (Å²) in [7, 11) is 0. The molecule has 0 aliphatic carbocycles. The number of thioether (sulfide) groups is 1. The fraction of sp³-hybridized carbons (Fsp3) is 0.375. The van der Waals surface area contributed by atoms with Crippen molar-refractivity contribution < 1.29 is 4.92 Å². The molecule has 1 rings (SSSR count). The zero-order chi connectivity index (χ0) is 11.3. The van der Waals surface area contributed by atoms with Crippen LogP contribution in [-0.2, 0) is 0 Å². The fourth-order valence-corrected chi connectivity index (χ4v) is 1.32. The number of nitro groups is 1. The van der Waals surface area contributed by atoms with Crippen molar-refractivity contribution in [2.45, 2.75) is 0 Å². The molecule has 0 spiro atoms. The normalized spacial score (nSPS) is 9.93. The van der Waals surface area contributed by atoms with Crippen molar-refractivity contribution in [1.82, 2.24) is 4.98 Å². The van der Waals surface area contributed by atoms with Crippen LogP contribution in [0.15, 0.2) is 12.1 Å². The monoisotopic (exact) mass is 228 g/mol. The van der Waals surface area contributed by atoms with Crippen molar-refractivity contribution in [3.63, 3.8) is 0 Å². The van der Waals surface area contributed by atoms with Gasteiger partial charge in [-0.1, -0.05) is 0 Å². The minimum absolute atomic E-state index is 0.0471. The molecule has 1 aromatic rings. The van der Waals surface area contributed by atoms with E-state index in [-0.39, 0.29) is 11.5 Å². The van der Waals surface area contributed by atoms with Crippen LogP contribution >= 0.6 is 11.8 Å². The highest BCUT2D eigenvalue weighted by atomic mass is 32.2. The van der Waals surface area contributed by atoms with E-state index < -0.39 is 4.92 Å². The van der Waals surface area contributed by atoms with Crippen LogP contribution in [0.2, 0.25) is 0 Å². The Kier molecular flexibility index (Phi) is 4.17. The molecule has 0 radical (unpaired) electrons. The lowest BCUT2D eigenvalue weighted by atomic mass is 10.4. The number of nitrogens with two attached hydrogens (primary N) is 1. The van der Waals surface area contributed by atoms with Gasteiger partial charge in [-0.3, -0.25) is 10.1 Å². The first-order valence-corrected chi connectivity index (χ1v) is 5.67. The molecule has 3 N–H and O–H groups in total. The van der Waals surface area contributed by atoms with Gasteiger partial charge in [0.05, 0.1) is 17.1 Å². The Balaban J connectivity index is 2.75. The minimum atomic E-state index is -0.488. The van der Waals surface area contributed by atoms with Crippen LogP contribution in [0.5, 0.6) is 0 Å². The van der Waals surface area contributed by atoms with Gasteiger partial charge in [-0.15, -0.1) is 0 Å². The lowest BCUT2D eigenvalue weighted by Crippen LogP contribution is -2.07. The molecule has 0 aliphatic heterocycles. The van der Waals surface area contributed by atoms with Gasteiger partial charge >= 0.3 is 0 Å². The van der Waals surface area contributed by atoms with Crippen LogP contribution in [0.3, 0.4) is 0 Å². The average molecular weight is 228 g/mol. The molecule has 0 fully saturated rings. The lowest BCUT2D eigenvalue weighted by molar-refractivity contribution is -0.384. The van der Waals surface area contributed by atoms with Gasteiger partial charge < -0.3 is 11.1 Å². The molecule has 0 unspecified atom stereocenters. The highest BCUT2D eigenvalue weighted by Gasteiger charge is 2.08. The number of nitrogen functional groups attached to an aromatic ring is 1. The van der Waals surface area contributed by atoms with Crippen LogP contribution in [0.25, 0.3) is 0 Å². The summed E-state index contributed by atoms with van der Waals surface area (Å²) in [5.74, 6) is 1.50. The smallest absolute Gasteiger partial charge is 0.276 e. The minimum Gasteiger partial charge on any atom is -0.383 e. The first-order valence-electron chi connectivity index (χ1n) is 4.28. The van der Waals surface area contributed by atoms with E-state index >= 15 is 0 Å². The van der Waals surface area contributed by atoms with E-state index in [9.17, 15) is 10.1 Å². The standard InChI is InChI=1S/C8H12N4O2S/c1-15-3-2-10-8-5-6(12(13)14)4-7(9)11-8/h4-5H,2-3H2,1H3,(H3,9,10,11). The zero-order valence-electron chi connectivity index (χ0n) is 8.27. The third-order valence-corrected chi connectivity index (χ3v) is 2.27. The summed E-state index contributed by atoms with van der Waals surface area (Å²) in [5.41, 5.74) is 5.39. The summed E-state index contributed by atoms with van der Waals surface area (Å²) in [5, 5.41) is 13.5. The van der Waals surface area contributed by atoms with Crippen LogP contribution in [0, 0.1) is 10.1 Å². The molecule has 0 saturated heterocycles. The number of aromatic nitrogens is 1. The van der Waals surface area contributed by atoms with Crippen molar-refractivity contribution in [3.8, 4) is 0 Å². The maximum atomic E-state index is 10.5. The van der Waals surface area contributed by atoms with Gasteiger partial charge in [0.1, 0.15) is 11.6 Å². The van der Waals surface area contributed by atoms with Crippen LogP contribution in [0.1, 0.15) is 0 Å². The number of hydrogen-bond acceptors (Lipinski definition) is 6. The molecule has 0 aromatic carbocycles. The van der Waals surface area contributed by atoms with Crippen molar-refractivity contribution >= 4 is 29.1 Å². The van der Waals surface area contributed by atoms with Gasteiger partial charge in [0.2, 0.25) is 0 Å². The van der Waals surface area contributed by atoms with Gasteiger partial charge in [-0.2, -0.15) is 11.8 Å². The average Bonchev–Trinajstić information content (AvgIpc) is 2.17. The fourth-order valence-electron chi connectivity index (χ4n) is 1.01. The van der Waals surface area contributed by atoms with Crippen LogP contribution in [0.4, 0.5) is 17.3 Å². The topological polar surface area (TPSA) is 94.1 Å². The molecule has 0 amide bonds. The molecule has 7 heteroatoms. The largest absolute Gasteiger partial charge is 0.383 e. The van der Waals surface area contributed by atoms with E-state index in [1.807, 2.05) is 6.26 Å². The maximum absolute atomic E-state index is 10.5. The molecule has 0 bridgehead atoms. The Hall–Kier alpha value is -1.50. The second kappa shape index (κ2) is 5.40. The van der Waals surface area contributed by atoms with Gasteiger partial charge in [-0.25, -0.2) is 4.98 Å². The number of pyridine rings is 1. The van der Waals surface area contributed by atoms with E-state index in [4.69, 9.17) is 5.73 Å². The molecule has 0 saturated carbocycles. The number of nitrogens with one attached hydrogen (secondary N) is 1. The quantitative estimate of drug-likeness (QED) is 0.449. The molecule has 1 heterocycles. The molecule has 0 atom stereocenters. The van der Waals surface area contributed by atoms with Crippen molar-refractivity contribution in [3.05, 3.63) is 22.2 Å². The molecular weight excluding hydrogens is 216 g/mol. The first kappa shape index (κ1) is 11.6. The summed E-state index contributed by atoms with van der Waals surface area (Å²) < 4.78 is 0. The molecule has 0 aliphatic rings. The van der Waals surface area contributed by atoms with E-state index in [0.29, 0.717) is 12.4 Å². The van der Waals surface area contributed by atoms with Crippen LogP contribution in [-0.4, -0.2) is 28.5 Å². The van der Waals surface area contributed by atoms with Gasteiger partial charge in [-0.05, 0) is 6.26 Å². The van der Waals surface area contributed by atoms with E-state index in [2.05, 4.69) is 10.3 Å². The summed E-state index contributed by atoms with van der Waals surface area (Å²) in [4.78, 5) is 14.0. The summed E-state index contributed by atoms with van der Waals surface area (Å²) in [6.45, 7) is 0.703. The Morgan fingerprint density at radius 3 is 3.00 bits per heavy atom. The Morgan fingerprint density at radius 1 is 1.67 bits per heavy atom. The Labute approximate surface area is 91.4 Å². The Bertz CT molecular complexity index is 358. The number of nitrogens with zero attached hydrogens (tertiary/aromatic N) is 2. The molecule has 15 heavy (non-hydrogen) atoms. The van der Waals surface area contributed by atoms with Crippen molar-refractivity contribution in [2.75, 3.05) is 29.6 Å². The summed E-state index contributed by atoms with van der Waals surface area (Å²) in [6.07, 6.45) is 1.98. The van der Waals surface area contributed by atoms with Gasteiger partial charge in [0, 0.05) is 12.3 Å². The van der Waals surface area contributed by atoms with E-state index in [0.717, 1.165) is 5.75 Å². The van der Waals surface area contributed by atoms with E-state index in [1.54, 1.807) is 11.8 Å².